The molecule has 0 spiro atoms. The van der Waals surface area contributed by atoms with Gasteiger partial charge in [0.05, 0.1) is 29.0 Å². The number of benzene rings is 2. The standard InChI is InChI=1S/C39H40F2N8O4/c1-42-34(38(52)46(2)3)17-24-16-31(50)12-13-32(24)23-5-4-6-30(15-23)48-36-33(18-26(41)19-44-36)37(51)49(39(48)53)29-10-8-27(9-11-29)43-20-28-22-47-21-25(40)7-14-35(47)45-28/h4-7,12-16,18-19,21-22,27,29,34,42-43,50H,8-11,17,20H2,1-3H3/t27-,29+,34?. The van der Waals surface area contributed by atoms with Gasteiger partial charge in [-0.15, -0.1) is 0 Å². The topological polar surface area (TPSA) is 139 Å². The van der Waals surface area contributed by atoms with Gasteiger partial charge in [0.15, 0.2) is 5.65 Å². The number of imidazole rings is 1. The molecule has 1 aliphatic rings. The van der Waals surface area contributed by atoms with Crippen molar-refractivity contribution in [2.24, 2.45) is 0 Å². The number of aromatic hydroxyl groups is 1. The fraction of sp³-hybridized carbons (Fsp3) is 0.308. The molecule has 1 saturated carbocycles. The number of aromatic nitrogens is 5. The van der Waals surface area contributed by atoms with Gasteiger partial charge in [-0.3, -0.25) is 14.2 Å². The van der Waals surface area contributed by atoms with Gasteiger partial charge in [0, 0.05) is 45.1 Å². The molecule has 0 bridgehead atoms. The number of phenols is 1. The van der Waals surface area contributed by atoms with Crippen LogP contribution in [0, 0.1) is 11.6 Å². The molecule has 1 fully saturated rings. The molecule has 0 radical (unpaired) electrons. The van der Waals surface area contributed by atoms with Crippen LogP contribution < -0.4 is 21.9 Å². The van der Waals surface area contributed by atoms with Crippen molar-refractivity contribution in [2.75, 3.05) is 21.1 Å². The van der Waals surface area contributed by atoms with E-state index in [1.165, 1.54) is 26.3 Å². The van der Waals surface area contributed by atoms with Gasteiger partial charge in [-0.1, -0.05) is 18.2 Å². The van der Waals surface area contributed by atoms with Gasteiger partial charge in [-0.25, -0.2) is 28.1 Å². The average molecular weight is 723 g/mol. The molecule has 4 aromatic heterocycles. The average Bonchev–Trinajstić information content (AvgIpc) is 3.55. The minimum absolute atomic E-state index is 0.0112. The number of rotatable bonds is 10. The first-order valence-corrected chi connectivity index (χ1v) is 17.5. The Morgan fingerprint density at radius 3 is 2.55 bits per heavy atom. The minimum atomic E-state index is -0.692. The lowest BCUT2D eigenvalue weighted by molar-refractivity contribution is -0.130. The van der Waals surface area contributed by atoms with Crippen molar-refractivity contribution >= 4 is 22.6 Å². The van der Waals surface area contributed by atoms with Crippen LogP contribution in [0.3, 0.4) is 0 Å². The molecule has 0 aliphatic heterocycles. The van der Waals surface area contributed by atoms with Gasteiger partial charge < -0.3 is 25.0 Å². The molecule has 0 saturated heterocycles. The Hall–Kier alpha value is -5.73. The van der Waals surface area contributed by atoms with E-state index in [2.05, 4.69) is 20.6 Å². The van der Waals surface area contributed by atoms with Crippen LogP contribution >= 0.6 is 0 Å². The van der Waals surface area contributed by atoms with E-state index in [0.29, 0.717) is 54.7 Å². The number of phenolic OH excluding ortho intramolecular Hbond substituents is 1. The summed E-state index contributed by atoms with van der Waals surface area (Å²) < 4.78 is 32.5. The second kappa shape index (κ2) is 14.7. The number of hydrogen-bond donors (Lipinski definition) is 3. The summed E-state index contributed by atoms with van der Waals surface area (Å²) in [6, 6.07) is 15.3. The predicted octanol–water partition coefficient (Wildman–Crippen LogP) is 4.34. The summed E-state index contributed by atoms with van der Waals surface area (Å²) >= 11 is 0. The molecule has 3 N–H and O–H groups in total. The van der Waals surface area contributed by atoms with E-state index in [0.717, 1.165) is 23.5 Å². The summed E-state index contributed by atoms with van der Waals surface area (Å²) in [7, 11) is 5.06. The van der Waals surface area contributed by atoms with Crippen LogP contribution in [0.25, 0.3) is 33.5 Å². The van der Waals surface area contributed by atoms with Gasteiger partial charge in [-0.2, -0.15) is 0 Å². The molecule has 6 aromatic rings. The Labute approximate surface area is 303 Å². The maximum absolute atomic E-state index is 14.6. The third-order valence-corrected chi connectivity index (χ3v) is 10.0. The van der Waals surface area contributed by atoms with Gasteiger partial charge in [0.2, 0.25) is 5.91 Å². The molecule has 1 unspecified atom stereocenters. The van der Waals surface area contributed by atoms with Gasteiger partial charge in [-0.05, 0) is 98.3 Å². The van der Waals surface area contributed by atoms with Crippen LogP contribution in [0.5, 0.6) is 5.75 Å². The minimum Gasteiger partial charge on any atom is -0.508 e. The smallest absolute Gasteiger partial charge is 0.337 e. The zero-order valence-corrected chi connectivity index (χ0v) is 29.6. The lowest BCUT2D eigenvalue weighted by atomic mass is 9.91. The van der Waals surface area contributed by atoms with E-state index >= 15 is 0 Å². The number of halogens is 2. The van der Waals surface area contributed by atoms with Crippen molar-refractivity contribution in [2.45, 2.75) is 56.8 Å². The lowest BCUT2D eigenvalue weighted by Crippen LogP contribution is -2.44. The number of fused-ring (bicyclic) bond motifs is 2. The molecular formula is C39H40F2N8O4. The van der Waals surface area contributed by atoms with Crippen LogP contribution in [-0.2, 0) is 17.8 Å². The van der Waals surface area contributed by atoms with Crippen LogP contribution in [0.4, 0.5) is 8.78 Å². The molecule has 1 amide bonds. The van der Waals surface area contributed by atoms with E-state index in [9.17, 15) is 28.3 Å². The maximum atomic E-state index is 14.6. The Kier molecular flexibility index (Phi) is 9.90. The molecule has 53 heavy (non-hydrogen) atoms. The second-order valence-corrected chi connectivity index (χ2v) is 13.7. The number of likely N-dealkylation sites (N-methyl/N-ethyl adjacent to an activating group) is 2. The molecule has 7 rings (SSSR count). The van der Waals surface area contributed by atoms with E-state index in [1.54, 1.807) is 74.2 Å². The fourth-order valence-corrected chi connectivity index (χ4v) is 7.31. The van der Waals surface area contributed by atoms with E-state index in [-0.39, 0.29) is 41.0 Å². The summed E-state index contributed by atoms with van der Waals surface area (Å²) in [6.45, 7) is 0.479. The van der Waals surface area contributed by atoms with Gasteiger partial charge in [0.1, 0.15) is 23.0 Å². The van der Waals surface area contributed by atoms with Crippen molar-refractivity contribution in [1.82, 2.24) is 39.0 Å². The normalized spacial score (nSPS) is 16.6. The number of hydrogen-bond acceptors (Lipinski definition) is 8. The van der Waals surface area contributed by atoms with Crippen LogP contribution in [0.1, 0.15) is 43.0 Å². The summed E-state index contributed by atoms with van der Waals surface area (Å²) in [5, 5.41) is 16.9. The number of carbonyl (C=O) groups is 1. The Morgan fingerprint density at radius 1 is 1.00 bits per heavy atom. The van der Waals surface area contributed by atoms with Crippen LogP contribution in [0.15, 0.2) is 88.8 Å². The molecule has 274 valence electrons. The van der Waals surface area contributed by atoms with E-state index in [4.69, 9.17) is 0 Å². The van der Waals surface area contributed by atoms with Crippen LogP contribution in [-0.4, -0.2) is 72.6 Å². The highest BCUT2D eigenvalue weighted by atomic mass is 19.1. The van der Waals surface area contributed by atoms with Gasteiger partial charge >= 0.3 is 5.69 Å². The highest BCUT2D eigenvalue weighted by Crippen LogP contribution is 2.31. The monoisotopic (exact) mass is 722 g/mol. The van der Waals surface area contributed by atoms with Crippen molar-refractivity contribution in [1.29, 1.82) is 0 Å². The molecule has 14 heteroatoms. The first kappa shape index (κ1) is 35.7. The van der Waals surface area contributed by atoms with Crippen molar-refractivity contribution in [3.63, 3.8) is 0 Å². The molecule has 1 atom stereocenters. The Morgan fingerprint density at radius 2 is 1.79 bits per heavy atom. The van der Waals surface area contributed by atoms with Crippen molar-refractivity contribution < 1.29 is 18.7 Å². The van der Waals surface area contributed by atoms with Crippen molar-refractivity contribution in [3.05, 3.63) is 123 Å². The number of carbonyl (C=O) groups excluding carboxylic acids is 1. The molecule has 1 aliphatic carbocycles. The third-order valence-electron chi connectivity index (χ3n) is 10.0. The Balaban J connectivity index is 1.20. The largest absolute Gasteiger partial charge is 0.508 e. The third kappa shape index (κ3) is 7.19. The Bertz CT molecular complexity index is 2450. The zero-order chi connectivity index (χ0) is 37.4. The summed E-state index contributed by atoms with van der Waals surface area (Å²) in [5.41, 5.74) is 2.85. The van der Waals surface area contributed by atoms with Crippen molar-refractivity contribution in [3.8, 4) is 22.6 Å². The second-order valence-electron chi connectivity index (χ2n) is 13.7. The molecule has 4 heterocycles. The van der Waals surface area contributed by atoms with E-state index < -0.39 is 29.1 Å². The predicted molar refractivity (Wildman–Crippen MR) is 197 cm³/mol. The van der Waals surface area contributed by atoms with Gasteiger partial charge in [0.25, 0.3) is 5.56 Å². The quantitative estimate of drug-likeness (QED) is 0.190. The fourth-order valence-electron chi connectivity index (χ4n) is 7.31. The number of nitrogens with one attached hydrogen (secondary N) is 2. The highest BCUT2D eigenvalue weighted by Gasteiger charge is 2.28. The summed E-state index contributed by atoms with van der Waals surface area (Å²) in [5.74, 6) is -1.11. The zero-order valence-electron chi connectivity index (χ0n) is 29.6. The SMILES string of the molecule is CNC(Cc1cc(O)ccc1-c1cccc(-n2c(=O)n([C@H]3CC[C@@H](NCc4cn5cc(F)ccc5n4)CC3)c(=O)c3cc(F)cnc32)c1)C(=O)N(C)C. The first-order valence-electron chi connectivity index (χ1n) is 17.5. The molecule has 12 nitrogen and oxygen atoms in total. The van der Waals surface area contributed by atoms with E-state index in [1.807, 2.05) is 6.07 Å². The summed E-state index contributed by atoms with van der Waals surface area (Å²) in [4.78, 5) is 51.5. The maximum Gasteiger partial charge on any atom is 0.337 e. The molecule has 2 aromatic carbocycles. The first-order chi connectivity index (χ1) is 25.5. The number of pyridine rings is 2. The van der Waals surface area contributed by atoms with Crippen LogP contribution in [0.2, 0.25) is 0 Å². The molecular weight excluding hydrogens is 682 g/mol. The highest BCUT2D eigenvalue weighted by molar-refractivity contribution is 5.82. The number of nitrogens with zero attached hydrogens (tertiary/aromatic N) is 6. The summed E-state index contributed by atoms with van der Waals surface area (Å²) in [6.07, 6.45) is 6.86. The number of amides is 1. The lowest BCUT2D eigenvalue weighted by Gasteiger charge is -2.30.